The van der Waals surface area contributed by atoms with Gasteiger partial charge in [-0.2, -0.15) is 0 Å². The number of hydrogen-bond acceptors (Lipinski definition) is 4. The normalized spacial score (nSPS) is 23.7. The van der Waals surface area contributed by atoms with Crippen LogP contribution >= 0.6 is 0 Å². The van der Waals surface area contributed by atoms with Gasteiger partial charge in [0.1, 0.15) is 0 Å². The number of piperazine rings is 1. The van der Waals surface area contributed by atoms with Crippen LogP contribution in [0.5, 0.6) is 0 Å². The zero-order valence-electron chi connectivity index (χ0n) is 14.8. The number of rotatable bonds is 2. The monoisotopic (exact) mass is 350 g/mol. The highest BCUT2D eigenvalue weighted by Gasteiger charge is 2.48. The average molecular weight is 350 g/mol. The Bertz CT molecular complexity index is 811. The third-order valence-electron chi connectivity index (χ3n) is 5.55. The van der Waals surface area contributed by atoms with Crippen molar-refractivity contribution in [1.82, 2.24) is 14.8 Å². The first-order valence-corrected chi connectivity index (χ1v) is 8.85. The molecule has 2 aromatic rings. The number of pyridine rings is 1. The van der Waals surface area contributed by atoms with Crippen LogP contribution in [0.3, 0.4) is 0 Å². The van der Waals surface area contributed by atoms with Crippen molar-refractivity contribution in [2.45, 2.75) is 12.0 Å². The van der Waals surface area contributed by atoms with E-state index in [1.165, 1.54) is 0 Å². The van der Waals surface area contributed by atoms with Crippen LogP contribution in [-0.4, -0.2) is 65.4 Å². The van der Waals surface area contributed by atoms with Crippen molar-refractivity contribution in [3.05, 3.63) is 60.4 Å². The van der Waals surface area contributed by atoms with Gasteiger partial charge in [0.25, 0.3) is 5.91 Å². The van der Waals surface area contributed by atoms with Gasteiger partial charge in [0.15, 0.2) is 0 Å². The molecule has 4 rings (SSSR count). The van der Waals surface area contributed by atoms with Crippen LogP contribution < -0.4 is 4.90 Å². The minimum absolute atomic E-state index is 0.0286. The number of aromatic nitrogens is 1. The predicted octanol–water partition coefficient (Wildman–Crippen LogP) is 1.64. The Hall–Kier alpha value is -2.73. The molecular weight excluding hydrogens is 328 g/mol. The van der Waals surface area contributed by atoms with Crippen LogP contribution in [0.25, 0.3) is 0 Å². The maximum Gasteiger partial charge on any atom is 0.254 e. The topological polar surface area (TPSA) is 56.8 Å². The summed E-state index contributed by atoms with van der Waals surface area (Å²) in [6.45, 7) is 2.29. The Morgan fingerprint density at radius 3 is 2.54 bits per heavy atom. The molecule has 134 valence electrons. The third kappa shape index (κ3) is 2.86. The van der Waals surface area contributed by atoms with Crippen LogP contribution in [0, 0.1) is 0 Å². The minimum atomic E-state index is -0.202. The molecule has 6 nitrogen and oxygen atoms in total. The average Bonchev–Trinajstić information content (AvgIpc) is 3.11. The second-order valence-electron chi connectivity index (χ2n) is 7.11. The first kappa shape index (κ1) is 16.7. The predicted molar refractivity (Wildman–Crippen MR) is 98.9 cm³/mol. The maximum atomic E-state index is 12.8. The number of anilines is 1. The standard InChI is InChI=1S/C20H22N4O2/c1-22-13-18(25)24(17-5-3-2-4-6-17)15-20(22)9-12-23(14-20)19(26)16-7-10-21-11-8-16/h2-8,10-11H,9,12-15H2,1H3. The number of carbonyl (C=O) groups excluding carboxylic acids is 2. The highest BCUT2D eigenvalue weighted by Crippen LogP contribution is 2.33. The number of amides is 2. The fourth-order valence-corrected chi connectivity index (χ4v) is 3.95. The van der Waals surface area contributed by atoms with Gasteiger partial charge in [-0.25, -0.2) is 0 Å². The zero-order valence-corrected chi connectivity index (χ0v) is 14.8. The molecule has 2 saturated heterocycles. The van der Waals surface area contributed by atoms with Crippen LogP contribution in [0.15, 0.2) is 54.9 Å². The fourth-order valence-electron chi connectivity index (χ4n) is 3.95. The lowest BCUT2D eigenvalue weighted by Gasteiger charge is -2.46. The molecular formula is C20H22N4O2. The van der Waals surface area contributed by atoms with E-state index in [4.69, 9.17) is 0 Å². The smallest absolute Gasteiger partial charge is 0.254 e. The lowest BCUT2D eigenvalue weighted by atomic mass is 9.92. The molecule has 0 saturated carbocycles. The Morgan fingerprint density at radius 1 is 1.08 bits per heavy atom. The van der Waals surface area contributed by atoms with Crippen LogP contribution in [-0.2, 0) is 4.79 Å². The van der Waals surface area contributed by atoms with Gasteiger partial charge in [-0.05, 0) is 37.7 Å². The molecule has 6 heteroatoms. The van der Waals surface area contributed by atoms with Crippen molar-refractivity contribution in [2.75, 3.05) is 38.1 Å². The Morgan fingerprint density at radius 2 is 1.81 bits per heavy atom. The molecule has 0 aliphatic carbocycles. The summed E-state index contributed by atoms with van der Waals surface area (Å²) >= 11 is 0. The van der Waals surface area contributed by atoms with Crippen molar-refractivity contribution in [3.63, 3.8) is 0 Å². The molecule has 0 N–H and O–H groups in total. The number of carbonyl (C=O) groups is 2. The Labute approximate surface area is 153 Å². The molecule has 1 unspecified atom stereocenters. The van der Waals surface area contributed by atoms with Gasteiger partial charge in [0, 0.05) is 43.3 Å². The summed E-state index contributed by atoms with van der Waals surface area (Å²) < 4.78 is 0. The maximum absolute atomic E-state index is 12.8. The lowest BCUT2D eigenvalue weighted by Crippen LogP contribution is -2.64. The van der Waals surface area contributed by atoms with Crippen LogP contribution in [0.4, 0.5) is 5.69 Å². The SMILES string of the molecule is CN1CC(=O)N(c2ccccc2)CC12CCN(C(=O)c1ccncc1)C2. The molecule has 1 aromatic heterocycles. The molecule has 3 heterocycles. The molecule has 1 atom stereocenters. The third-order valence-corrected chi connectivity index (χ3v) is 5.55. The van der Waals surface area contributed by atoms with Gasteiger partial charge in [-0.15, -0.1) is 0 Å². The Kier molecular flexibility index (Phi) is 4.20. The quantitative estimate of drug-likeness (QED) is 0.826. The summed E-state index contributed by atoms with van der Waals surface area (Å²) in [5.74, 6) is 0.129. The second kappa shape index (κ2) is 6.53. The number of benzene rings is 1. The number of para-hydroxylation sites is 1. The van der Waals surface area contributed by atoms with Crippen LogP contribution in [0.2, 0.25) is 0 Å². The molecule has 2 fully saturated rings. The molecule has 1 aromatic carbocycles. The van der Waals surface area contributed by atoms with Crippen molar-refractivity contribution >= 4 is 17.5 Å². The molecule has 26 heavy (non-hydrogen) atoms. The lowest BCUT2D eigenvalue weighted by molar-refractivity contribution is -0.123. The molecule has 2 aliphatic heterocycles. The number of hydrogen-bond donors (Lipinski definition) is 0. The molecule has 0 bridgehead atoms. The van der Waals surface area contributed by atoms with E-state index in [-0.39, 0.29) is 17.4 Å². The van der Waals surface area contributed by atoms with Gasteiger partial charge in [-0.1, -0.05) is 18.2 Å². The van der Waals surface area contributed by atoms with Crippen molar-refractivity contribution in [3.8, 4) is 0 Å². The van der Waals surface area contributed by atoms with E-state index in [0.29, 0.717) is 31.7 Å². The summed E-state index contributed by atoms with van der Waals surface area (Å²) in [4.78, 5) is 35.2. The van der Waals surface area contributed by atoms with Gasteiger partial charge < -0.3 is 9.80 Å². The highest BCUT2D eigenvalue weighted by atomic mass is 16.2. The largest absolute Gasteiger partial charge is 0.337 e. The molecule has 1 spiro atoms. The van der Waals surface area contributed by atoms with Gasteiger partial charge in [-0.3, -0.25) is 19.5 Å². The summed E-state index contributed by atoms with van der Waals surface area (Å²) in [6, 6.07) is 13.3. The van der Waals surface area contributed by atoms with E-state index in [9.17, 15) is 9.59 Å². The first-order valence-electron chi connectivity index (χ1n) is 8.85. The van der Waals surface area contributed by atoms with Crippen molar-refractivity contribution < 1.29 is 9.59 Å². The van der Waals surface area contributed by atoms with E-state index in [1.807, 2.05) is 47.2 Å². The van der Waals surface area contributed by atoms with Gasteiger partial charge in [0.05, 0.1) is 12.1 Å². The first-order chi connectivity index (χ1) is 12.6. The summed E-state index contributed by atoms with van der Waals surface area (Å²) in [5, 5.41) is 0. The van der Waals surface area contributed by atoms with Gasteiger partial charge >= 0.3 is 0 Å². The minimum Gasteiger partial charge on any atom is -0.337 e. The zero-order chi connectivity index (χ0) is 18.1. The van der Waals surface area contributed by atoms with E-state index in [1.54, 1.807) is 24.5 Å². The Balaban J connectivity index is 1.56. The summed E-state index contributed by atoms with van der Waals surface area (Å²) in [5.41, 5.74) is 1.38. The number of likely N-dealkylation sites (N-methyl/N-ethyl adjacent to an activating group) is 1. The second-order valence-corrected chi connectivity index (χ2v) is 7.11. The summed E-state index contributed by atoms with van der Waals surface area (Å²) in [6.07, 6.45) is 4.14. The van der Waals surface area contributed by atoms with E-state index < -0.39 is 0 Å². The van der Waals surface area contributed by atoms with E-state index in [2.05, 4.69) is 9.88 Å². The van der Waals surface area contributed by atoms with E-state index >= 15 is 0 Å². The van der Waals surface area contributed by atoms with Crippen LogP contribution in [0.1, 0.15) is 16.8 Å². The molecule has 2 amide bonds. The fraction of sp³-hybridized carbons (Fsp3) is 0.350. The number of nitrogens with zero attached hydrogens (tertiary/aromatic N) is 4. The van der Waals surface area contributed by atoms with Gasteiger partial charge in [0.2, 0.25) is 5.91 Å². The van der Waals surface area contributed by atoms with E-state index in [0.717, 1.165) is 12.1 Å². The molecule has 0 radical (unpaired) electrons. The molecule has 2 aliphatic rings. The number of likely N-dealkylation sites (tertiary alicyclic amines) is 1. The highest BCUT2D eigenvalue weighted by molar-refractivity contribution is 5.96. The van der Waals surface area contributed by atoms with Crippen molar-refractivity contribution in [1.29, 1.82) is 0 Å². The summed E-state index contributed by atoms with van der Waals surface area (Å²) in [7, 11) is 1.99. The van der Waals surface area contributed by atoms with Crippen molar-refractivity contribution in [2.24, 2.45) is 0 Å².